The topological polar surface area (TPSA) is 127 Å². The summed E-state index contributed by atoms with van der Waals surface area (Å²) in [6, 6.07) is 13.6. The molecule has 10 heteroatoms. The number of nitrogens with zero attached hydrogens (tertiary/aromatic N) is 4. The largest absolute Gasteiger partial charge is 0.493 e. The van der Waals surface area contributed by atoms with E-state index in [1.54, 1.807) is 35.4 Å². The van der Waals surface area contributed by atoms with Crippen LogP contribution < -0.4 is 10.1 Å². The summed E-state index contributed by atoms with van der Waals surface area (Å²) in [5.41, 5.74) is 2.93. The van der Waals surface area contributed by atoms with Gasteiger partial charge in [0, 0.05) is 43.4 Å². The molecule has 1 unspecified atom stereocenters. The van der Waals surface area contributed by atoms with E-state index in [1.807, 2.05) is 24.3 Å². The lowest BCUT2D eigenvalue weighted by molar-refractivity contribution is -0.140. The summed E-state index contributed by atoms with van der Waals surface area (Å²) < 4.78 is 6.99. The number of fused-ring (bicyclic) bond motifs is 1. The maximum Gasteiger partial charge on any atom is 0.328 e. The van der Waals surface area contributed by atoms with Crippen molar-refractivity contribution in [2.24, 2.45) is 0 Å². The third kappa shape index (κ3) is 5.84. The molecule has 2 amide bonds. The lowest BCUT2D eigenvalue weighted by atomic mass is 9.99. The van der Waals surface area contributed by atoms with E-state index in [1.165, 1.54) is 11.6 Å². The standard InChI is InChI=1S/C25H27N5O5/c1-17(25(33)34)30-16-20(27-28-30)11-15-35-21-8-6-19(7-9-21)23(31)26-12-14-29-13-10-18-4-2-3-5-22(18)24(29)32/h2-9,16-17H,10-15H2,1H3,(H,26,31)(H,33,34). The molecule has 2 heterocycles. The molecule has 0 aliphatic carbocycles. The molecule has 3 aromatic rings. The number of hydrogen-bond donors (Lipinski definition) is 2. The van der Waals surface area contributed by atoms with Crippen LogP contribution >= 0.6 is 0 Å². The van der Waals surface area contributed by atoms with Crippen molar-refractivity contribution in [3.8, 4) is 5.75 Å². The van der Waals surface area contributed by atoms with E-state index in [0.717, 1.165) is 17.5 Å². The van der Waals surface area contributed by atoms with Gasteiger partial charge in [-0.05, 0) is 49.2 Å². The van der Waals surface area contributed by atoms with Gasteiger partial charge in [0.1, 0.15) is 11.8 Å². The van der Waals surface area contributed by atoms with E-state index in [0.29, 0.717) is 49.7 Å². The van der Waals surface area contributed by atoms with E-state index < -0.39 is 12.0 Å². The molecule has 0 saturated carbocycles. The normalized spacial score (nSPS) is 13.7. The van der Waals surface area contributed by atoms with Crippen LogP contribution in [0.2, 0.25) is 0 Å². The highest BCUT2D eigenvalue weighted by Crippen LogP contribution is 2.18. The molecular weight excluding hydrogens is 450 g/mol. The number of carbonyl (C=O) groups excluding carboxylic acids is 2. The van der Waals surface area contributed by atoms with E-state index >= 15 is 0 Å². The number of carbonyl (C=O) groups is 3. The number of carboxylic acids is 1. The van der Waals surface area contributed by atoms with E-state index in [4.69, 9.17) is 9.84 Å². The Morgan fingerprint density at radius 3 is 2.71 bits per heavy atom. The van der Waals surface area contributed by atoms with Gasteiger partial charge in [-0.15, -0.1) is 5.10 Å². The number of ether oxygens (including phenoxy) is 1. The van der Waals surface area contributed by atoms with Gasteiger partial charge in [-0.1, -0.05) is 23.4 Å². The second-order valence-electron chi connectivity index (χ2n) is 8.28. The first-order valence-electron chi connectivity index (χ1n) is 11.4. The van der Waals surface area contributed by atoms with Crippen LogP contribution in [0.15, 0.2) is 54.7 Å². The molecule has 4 rings (SSSR count). The summed E-state index contributed by atoms with van der Waals surface area (Å²) in [4.78, 5) is 37.8. The van der Waals surface area contributed by atoms with Gasteiger partial charge in [0.15, 0.2) is 0 Å². The van der Waals surface area contributed by atoms with Crippen LogP contribution in [0.5, 0.6) is 5.75 Å². The summed E-state index contributed by atoms with van der Waals surface area (Å²) in [6.07, 6.45) is 2.87. The quantitative estimate of drug-likeness (QED) is 0.457. The van der Waals surface area contributed by atoms with Gasteiger partial charge >= 0.3 is 5.97 Å². The van der Waals surface area contributed by atoms with Gasteiger partial charge in [0.2, 0.25) is 0 Å². The van der Waals surface area contributed by atoms with Crippen molar-refractivity contribution in [2.75, 3.05) is 26.2 Å². The maximum absolute atomic E-state index is 12.6. The van der Waals surface area contributed by atoms with Crippen molar-refractivity contribution < 1.29 is 24.2 Å². The van der Waals surface area contributed by atoms with Crippen molar-refractivity contribution >= 4 is 17.8 Å². The minimum atomic E-state index is -0.979. The Labute approximate surface area is 202 Å². The fourth-order valence-electron chi connectivity index (χ4n) is 3.80. The summed E-state index contributed by atoms with van der Waals surface area (Å²) in [5, 5.41) is 19.7. The smallest absolute Gasteiger partial charge is 0.328 e. The average molecular weight is 478 g/mol. The number of carboxylic acid groups (broad SMARTS) is 1. The van der Waals surface area contributed by atoms with E-state index in [2.05, 4.69) is 15.6 Å². The van der Waals surface area contributed by atoms with Gasteiger partial charge in [-0.25, -0.2) is 9.48 Å². The summed E-state index contributed by atoms with van der Waals surface area (Å²) in [5.74, 6) is -0.592. The molecule has 2 N–H and O–H groups in total. The zero-order valence-corrected chi connectivity index (χ0v) is 19.4. The fraction of sp³-hybridized carbons (Fsp3) is 0.320. The van der Waals surface area contributed by atoms with Gasteiger partial charge in [-0.2, -0.15) is 0 Å². The average Bonchev–Trinajstić information content (AvgIpc) is 3.34. The Balaban J connectivity index is 1.20. The molecule has 0 bridgehead atoms. The zero-order chi connectivity index (χ0) is 24.8. The predicted octanol–water partition coefficient (Wildman–Crippen LogP) is 1.97. The Morgan fingerprint density at radius 2 is 1.94 bits per heavy atom. The number of hydrogen-bond acceptors (Lipinski definition) is 6. The van der Waals surface area contributed by atoms with Crippen molar-refractivity contribution in [3.63, 3.8) is 0 Å². The third-order valence-electron chi connectivity index (χ3n) is 5.91. The predicted molar refractivity (Wildman–Crippen MR) is 126 cm³/mol. The highest BCUT2D eigenvalue weighted by atomic mass is 16.5. The number of aromatic nitrogens is 3. The maximum atomic E-state index is 12.6. The lowest BCUT2D eigenvalue weighted by Gasteiger charge is -2.28. The van der Waals surface area contributed by atoms with Crippen LogP contribution in [0.1, 0.15) is 44.9 Å². The van der Waals surface area contributed by atoms with Crippen molar-refractivity contribution in [3.05, 3.63) is 77.1 Å². The minimum absolute atomic E-state index is 0.00143. The molecule has 0 fully saturated rings. The molecule has 2 aromatic carbocycles. The Kier molecular flexibility index (Phi) is 7.39. The molecule has 0 radical (unpaired) electrons. The number of rotatable bonds is 10. The highest BCUT2D eigenvalue weighted by Gasteiger charge is 2.23. The molecule has 1 atom stereocenters. The molecule has 1 aromatic heterocycles. The summed E-state index contributed by atoms with van der Waals surface area (Å²) in [7, 11) is 0. The van der Waals surface area contributed by atoms with Gasteiger partial charge < -0.3 is 20.1 Å². The van der Waals surface area contributed by atoms with Crippen LogP contribution in [0.3, 0.4) is 0 Å². The van der Waals surface area contributed by atoms with E-state index in [-0.39, 0.29) is 11.8 Å². The zero-order valence-electron chi connectivity index (χ0n) is 19.4. The lowest BCUT2D eigenvalue weighted by Crippen LogP contribution is -2.42. The fourth-order valence-corrected chi connectivity index (χ4v) is 3.80. The number of amides is 2. The first-order valence-corrected chi connectivity index (χ1v) is 11.4. The molecule has 1 aliphatic heterocycles. The summed E-state index contributed by atoms with van der Waals surface area (Å²) >= 11 is 0. The second-order valence-corrected chi connectivity index (χ2v) is 8.28. The first-order chi connectivity index (χ1) is 16.9. The Bertz CT molecular complexity index is 1210. The number of benzene rings is 2. The Morgan fingerprint density at radius 1 is 1.17 bits per heavy atom. The highest BCUT2D eigenvalue weighted by molar-refractivity contribution is 5.97. The number of aliphatic carboxylic acids is 1. The molecule has 0 spiro atoms. The van der Waals surface area contributed by atoms with Gasteiger partial charge in [0.25, 0.3) is 11.8 Å². The molecule has 1 aliphatic rings. The van der Waals surface area contributed by atoms with Crippen LogP contribution in [-0.4, -0.2) is 69.0 Å². The van der Waals surface area contributed by atoms with Crippen molar-refractivity contribution in [1.82, 2.24) is 25.2 Å². The second kappa shape index (κ2) is 10.8. The molecule has 35 heavy (non-hydrogen) atoms. The molecule has 0 saturated heterocycles. The molecular formula is C25H27N5O5. The van der Waals surface area contributed by atoms with Crippen LogP contribution in [0.25, 0.3) is 0 Å². The first kappa shape index (κ1) is 23.9. The molecule has 182 valence electrons. The van der Waals surface area contributed by atoms with Crippen LogP contribution in [0, 0.1) is 0 Å². The van der Waals surface area contributed by atoms with Gasteiger partial charge in [-0.3, -0.25) is 9.59 Å². The number of nitrogens with one attached hydrogen (secondary N) is 1. The van der Waals surface area contributed by atoms with Crippen LogP contribution in [0.4, 0.5) is 0 Å². The monoisotopic (exact) mass is 477 g/mol. The SMILES string of the molecule is CC(C(=O)O)n1cc(CCOc2ccc(C(=O)NCCN3CCc4ccccc4C3=O)cc2)nn1. The third-order valence-corrected chi connectivity index (χ3v) is 5.91. The molecule has 10 nitrogen and oxygen atoms in total. The van der Waals surface area contributed by atoms with E-state index in [9.17, 15) is 14.4 Å². The van der Waals surface area contributed by atoms with Gasteiger partial charge in [0.05, 0.1) is 12.3 Å². The minimum Gasteiger partial charge on any atom is -0.493 e. The van der Waals surface area contributed by atoms with Crippen LogP contribution in [-0.2, 0) is 17.6 Å². The van der Waals surface area contributed by atoms with Crippen molar-refractivity contribution in [1.29, 1.82) is 0 Å². The summed E-state index contributed by atoms with van der Waals surface area (Å²) in [6.45, 7) is 3.33. The van der Waals surface area contributed by atoms with Crippen molar-refractivity contribution in [2.45, 2.75) is 25.8 Å². The Hall–Kier alpha value is -4.21.